The highest BCUT2D eigenvalue weighted by atomic mass is 79.9. The Bertz CT molecular complexity index is 698. The van der Waals surface area contributed by atoms with Crippen LogP contribution in [0.3, 0.4) is 0 Å². The SMILES string of the molecule is Cc1c(Br)c(C(F)(F)F)nn1CC(=O)N[C@H](C)c1ccccc1. The molecule has 0 aliphatic heterocycles. The molecule has 0 saturated carbocycles. The predicted molar refractivity (Wildman–Crippen MR) is 82.7 cm³/mol. The van der Waals surface area contributed by atoms with Crippen molar-refractivity contribution in [2.24, 2.45) is 0 Å². The van der Waals surface area contributed by atoms with Crippen molar-refractivity contribution in [3.8, 4) is 0 Å². The molecule has 1 aromatic carbocycles. The second-order valence-corrected chi connectivity index (χ2v) is 5.90. The second kappa shape index (κ2) is 6.74. The molecule has 1 amide bonds. The molecule has 1 heterocycles. The third kappa shape index (κ3) is 4.13. The third-order valence-electron chi connectivity index (χ3n) is 3.37. The minimum Gasteiger partial charge on any atom is -0.348 e. The molecule has 0 aliphatic rings. The van der Waals surface area contributed by atoms with Gasteiger partial charge in [-0.2, -0.15) is 18.3 Å². The van der Waals surface area contributed by atoms with Gasteiger partial charge in [0.05, 0.1) is 16.2 Å². The maximum atomic E-state index is 12.8. The molecule has 2 rings (SSSR count). The molecule has 0 unspecified atom stereocenters. The maximum Gasteiger partial charge on any atom is 0.436 e. The molecule has 23 heavy (non-hydrogen) atoms. The maximum absolute atomic E-state index is 12.8. The summed E-state index contributed by atoms with van der Waals surface area (Å²) in [5.41, 5.74) is 0.133. The zero-order chi connectivity index (χ0) is 17.2. The van der Waals surface area contributed by atoms with Crippen LogP contribution in [0, 0.1) is 6.92 Å². The Balaban J connectivity index is 2.09. The highest BCUT2D eigenvalue weighted by Crippen LogP contribution is 2.35. The van der Waals surface area contributed by atoms with E-state index in [1.54, 1.807) is 6.92 Å². The standard InChI is InChI=1S/C15H15BrF3N3O/c1-9(11-6-4-3-5-7-11)20-12(23)8-22-10(2)13(16)14(21-22)15(17,18)19/h3-7,9H,8H2,1-2H3,(H,20,23)/t9-/m1/s1. The van der Waals surface area contributed by atoms with Crippen LogP contribution in [0.15, 0.2) is 34.8 Å². The van der Waals surface area contributed by atoms with E-state index >= 15 is 0 Å². The summed E-state index contributed by atoms with van der Waals surface area (Å²) in [6, 6.07) is 9.04. The number of rotatable bonds is 4. The summed E-state index contributed by atoms with van der Waals surface area (Å²) in [7, 11) is 0. The van der Waals surface area contributed by atoms with Gasteiger partial charge in [-0.15, -0.1) is 0 Å². The molecule has 124 valence electrons. The lowest BCUT2D eigenvalue weighted by atomic mass is 10.1. The fourth-order valence-electron chi connectivity index (χ4n) is 2.11. The number of nitrogens with zero attached hydrogens (tertiary/aromatic N) is 2. The fourth-order valence-corrected chi connectivity index (χ4v) is 2.62. The molecule has 0 bridgehead atoms. The fraction of sp³-hybridized carbons (Fsp3) is 0.333. The molecule has 0 saturated heterocycles. The van der Waals surface area contributed by atoms with Crippen LogP contribution in [0.2, 0.25) is 0 Å². The zero-order valence-electron chi connectivity index (χ0n) is 12.5. The smallest absolute Gasteiger partial charge is 0.348 e. The van der Waals surface area contributed by atoms with Gasteiger partial charge in [0.25, 0.3) is 0 Å². The van der Waals surface area contributed by atoms with E-state index in [0.29, 0.717) is 0 Å². The van der Waals surface area contributed by atoms with Crippen molar-refractivity contribution in [1.82, 2.24) is 15.1 Å². The number of alkyl halides is 3. The molecule has 0 fully saturated rings. The van der Waals surface area contributed by atoms with Crippen molar-refractivity contribution in [1.29, 1.82) is 0 Å². The van der Waals surface area contributed by atoms with Crippen LogP contribution in [0.1, 0.15) is 29.9 Å². The number of nitrogens with one attached hydrogen (secondary N) is 1. The molecular weight excluding hydrogens is 375 g/mol. The topological polar surface area (TPSA) is 46.9 Å². The van der Waals surface area contributed by atoms with E-state index in [2.05, 4.69) is 26.3 Å². The van der Waals surface area contributed by atoms with Crippen molar-refractivity contribution in [3.05, 3.63) is 51.8 Å². The zero-order valence-corrected chi connectivity index (χ0v) is 14.1. The second-order valence-electron chi connectivity index (χ2n) is 5.10. The van der Waals surface area contributed by atoms with E-state index in [-0.39, 0.29) is 22.8 Å². The molecule has 1 atom stereocenters. The first-order valence-corrected chi connectivity index (χ1v) is 7.64. The van der Waals surface area contributed by atoms with Crippen molar-refractivity contribution in [3.63, 3.8) is 0 Å². The normalized spacial score (nSPS) is 13.0. The lowest BCUT2D eigenvalue weighted by molar-refractivity contribution is -0.142. The summed E-state index contributed by atoms with van der Waals surface area (Å²) < 4.78 is 39.3. The van der Waals surface area contributed by atoms with E-state index in [9.17, 15) is 18.0 Å². The molecule has 0 spiro atoms. The van der Waals surface area contributed by atoms with Crippen LogP contribution in [-0.2, 0) is 17.5 Å². The first-order chi connectivity index (χ1) is 10.7. The molecule has 1 aromatic heterocycles. The molecule has 8 heteroatoms. The highest BCUT2D eigenvalue weighted by molar-refractivity contribution is 9.10. The van der Waals surface area contributed by atoms with Crippen molar-refractivity contribution < 1.29 is 18.0 Å². The van der Waals surface area contributed by atoms with Crippen molar-refractivity contribution >= 4 is 21.8 Å². The minimum absolute atomic E-state index is 0.145. The first kappa shape index (κ1) is 17.5. The lowest BCUT2D eigenvalue weighted by Crippen LogP contribution is -2.30. The highest BCUT2D eigenvalue weighted by Gasteiger charge is 2.38. The van der Waals surface area contributed by atoms with Crippen molar-refractivity contribution in [2.75, 3.05) is 0 Å². The van der Waals surface area contributed by atoms with Gasteiger partial charge in [0.15, 0.2) is 5.69 Å². The largest absolute Gasteiger partial charge is 0.436 e. The number of hydrogen-bond acceptors (Lipinski definition) is 2. The Hall–Kier alpha value is -1.83. The molecule has 1 N–H and O–H groups in total. The van der Waals surface area contributed by atoms with Crippen LogP contribution < -0.4 is 5.32 Å². The van der Waals surface area contributed by atoms with Gasteiger partial charge in [0.1, 0.15) is 6.54 Å². The van der Waals surface area contributed by atoms with Crippen LogP contribution in [0.5, 0.6) is 0 Å². The summed E-state index contributed by atoms with van der Waals surface area (Å²) in [5, 5.41) is 6.23. The average Bonchev–Trinajstić information content (AvgIpc) is 2.76. The summed E-state index contributed by atoms with van der Waals surface area (Å²) in [6.45, 7) is 3.00. The van der Waals surface area contributed by atoms with Gasteiger partial charge in [-0.1, -0.05) is 30.3 Å². The Morgan fingerprint density at radius 1 is 1.35 bits per heavy atom. The predicted octanol–water partition coefficient (Wildman–Crippen LogP) is 3.85. The van der Waals surface area contributed by atoms with Crippen LogP contribution in [0.25, 0.3) is 0 Å². The third-order valence-corrected chi connectivity index (χ3v) is 4.32. The number of amides is 1. The Kier molecular flexibility index (Phi) is 5.13. The van der Waals surface area contributed by atoms with Gasteiger partial charge in [0.2, 0.25) is 5.91 Å². The minimum atomic E-state index is -4.57. The van der Waals surface area contributed by atoms with E-state index < -0.39 is 17.8 Å². The molecular formula is C15H15BrF3N3O. The average molecular weight is 390 g/mol. The molecule has 4 nitrogen and oxygen atoms in total. The van der Waals surface area contributed by atoms with Gasteiger partial charge in [-0.3, -0.25) is 9.48 Å². The number of benzene rings is 1. The van der Waals surface area contributed by atoms with E-state index in [4.69, 9.17) is 0 Å². The lowest BCUT2D eigenvalue weighted by Gasteiger charge is -2.14. The number of carbonyl (C=O) groups is 1. The summed E-state index contributed by atoms with van der Waals surface area (Å²) in [6.07, 6.45) is -4.57. The quantitative estimate of drug-likeness (QED) is 0.862. The van der Waals surface area contributed by atoms with Gasteiger partial charge in [0, 0.05) is 0 Å². The molecule has 0 radical (unpaired) electrons. The van der Waals surface area contributed by atoms with Crippen LogP contribution in [0.4, 0.5) is 13.2 Å². The molecule has 2 aromatic rings. The summed E-state index contributed by atoms with van der Waals surface area (Å²) in [5.74, 6) is -0.409. The Morgan fingerprint density at radius 2 is 1.96 bits per heavy atom. The number of carbonyl (C=O) groups excluding carboxylic acids is 1. The summed E-state index contributed by atoms with van der Waals surface area (Å²) >= 11 is 2.88. The van der Waals surface area contributed by atoms with Gasteiger partial charge in [-0.05, 0) is 35.3 Å². The van der Waals surface area contributed by atoms with Crippen molar-refractivity contribution in [2.45, 2.75) is 32.6 Å². The number of aromatic nitrogens is 2. The van der Waals surface area contributed by atoms with Gasteiger partial charge < -0.3 is 5.32 Å². The van der Waals surface area contributed by atoms with Gasteiger partial charge in [-0.25, -0.2) is 0 Å². The molecule has 0 aliphatic carbocycles. The Morgan fingerprint density at radius 3 is 2.48 bits per heavy atom. The monoisotopic (exact) mass is 389 g/mol. The van der Waals surface area contributed by atoms with Gasteiger partial charge >= 0.3 is 6.18 Å². The first-order valence-electron chi connectivity index (χ1n) is 6.84. The van der Waals surface area contributed by atoms with E-state index in [1.165, 1.54) is 6.92 Å². The number of halogens is 4. The van der Waals surface area contributed by atoms with Crippen LogP contribution >= 0.6 is 15.9 Å². The summed E-state index contributed by atoms with van der Waals surface area (Å²) in [4.78, 5) is 12.1. The van der Waals surface area contributed by atoms with Crippen LogP contribution in [-0.4, -0.2) is 15.7 Å². The van der Waals surface area contributed by atoms with E-state index in [0.717, 1.165) is 10.2 Å². The Labute approximate surface area is 139 Å². The van der Waals surface area contributed by atoms with E-state index in [1.807, 2.05) is 30.3 Å². The number of hydrogen-bond donors (Lipinski definition) is 1.